The smallest absolute Gasteiger partial charge is 0.124 e. The largest absolute Gasteiger partial charge is 0.493 e. The molecule has 1 aromatic rings. The molecule has 0 aromatic heterocycles. The molecule has 0 amide bonds. The van der Waals surface area contributed by atoms with Gasteiger partial charge in [-0.15, -0.1) is 0 Å². The van der Waals surface area contributed by atoms with Crippen molar-refractivity contribution in [1.29, 1.82) is 5.26 Å². The summed E-state index contributed by atoms with van der Waals surface area (Å²) in [5.74, 6) is 1.30. The summed E-state index contributed by atoms with van der Waals surface area (Å²) in [4.78, 5) is 0. The number of hydrogen-bond donors (Lipinski definition) is 1. The summed E-state index contributed by atoms with van der Waals surface area (Å²) in [6, 6.07) is 10.2. The minimum atomic E-state index is -0.973. The zero-order valence-corrected chi connectivity index (χ0v) is 12.8. The van der Waals surface area contributed by atoms with Crippen LogP contribution in [0.1, 0.15) is 45.1 Å². The number of aliphatic hydroxyl groups is 1. The summed E-state index contributed by atoms with van der Waals surface area (Å²) in [5.41, 5.74) is -0.961. The van der Waals surface area contributed by atoms with E-state index in [4.69, 9.17) is 4.74 Å². The number of para-hydroxylation sites is 1. The highest BCUT2D eigenvalue weighted by Crippen LogP contribution is 2.54. The van der Waals surface area contributed by atoms with Crippen molar-refractivity contribution in [2.75, 3.05) is 6.61 Å². The summed E-state index contributed by atoms with van der Waals surface area (Å²) in [7, 11) is 0. The van der Waals surface area contributed by atoms with Crippen molar-refractivity contribution in [1.82, 2.24) is 0 Å². The molecule has 3 heteroatoms. The SMILES string of the molecule is CC1CCCC(O)(C2(C#N)CCOc3ccccc32)C1C. The lowest BCUT2D eigenvalue weighted by atomic mass is 9.54. The molecule has 21 heavy (non-hydrogen) atoms. The molecule has 3 rings (SSSR count). The van der Waals surface area contributed by atoms with E-state index in [9.17, 15) is 10.4 Å². The van der Waals surface area contributed by atoms with Crippen LogP contribution in [-0.4, -0.2) is 17.3 Å². The van der Waals surface area contributed by atoms with Gasteiger partial charge in [0.15, 0.2) is 0 Å². The minimum absolute atomic E-state index is 0.108. The zero-order chi connectivity index (χ0) is 15.1. The molecule has 4 atom stereocenters. The van der Waals surface area contributed by atoms with Crippen molar-refractivity contribution >= 4 is 0 Å². The molecule has 1 aromatic carbocycles. The number of nitriles is 1. The molecule has 112 valence electrons. The second-order valence-electron chi connectivity index (χ2n) is 6.69. The van der Waals surface area contributed by atoms with E-state index in [1.165, 1.54) is 0 Å². The van der Waals surface area contributed by atoms with E-state index in [1.54, 1.807) is 0 Å². The summed E-state index contributed by atoms with van der Waals surface area (Å²) in [5, 5.41) is 21.6. The topological polar surface area (TPSA) is 53.2 Å². The van der Waals surface area contributed by atoms with Gasteiger partial charge in [0.2, 0.25) is 0 Å². The third-order valence-corrected chi connectivity index (χ3v) is 5.84. The summed E-state index contributed by atoms with van der Waals surface area (Å²) < 4.78 is 5.72. The van der Waals surface area contributed by atoms with Gasteiger partial charge in [-0.05, 0) is 24.3 Å². The number of benzene rings is 1. The molecular formula is C18H23NO2. The number of hydrogen-bond acceptors (Lipinski definition) is 3. The fourth-order valence-electron chi connectivity index (χ4n) is 4.30. The van der Waals surface area contributed by atoms with Crippen molar-refractivity contribution in [2.45, 2.75) is 50.5 Å². The van der Waals surface area contributed by atoms with Crippen molar-refractivity contribution in [3.63, 3.8) is 0 Å². The number of fused-ring (bicyclic) bond motifs is 1. The van der Waals surface area contributed by atoms with Crippen LogP contribution in [0, 0.1) is 23.2 Å². The molecule has 1 heterocycles. The molecule has 1 aliphatic carbocycles. The predicted molar refractivity (Wildman–Crippen MR) is 81.0 cm³/mol. The third-order valence-electron chi connectivity index (χ3n) is 5.84. The third kappa shape index (κ3) is 1.89. The second-order valence-corrected chi connectivity index (χ2v) is 6.69. The molecule has 0 saturated heterocycles. The van der Waals surface area contributed by atoms with Crippen molar-refractivity contribution in [2.24, 2.45) is 11.8 Å². The Morgan fingerprint density at radius 2 is 2.05 bits per heavy atom. The van der Waals surface area contributed by atoms with Crippen LogP contribution in [-0.2, 0) is 5.41 Å². The van der Waals surface area contributed by atoms with Crippen LogP contribution in [0.3, 0.4) is 0 Å². The molecule has 1 saturated carbocycles. The Balaban J connectivity index is 2.16. The van der Waals surface area contributed by atoms with Gasteiger partial charge in [-0.25, -0.2) is 0 Å². The summed E-state index contributed by atoms with van der Waals surface area (Å²) in [6.45, 7) is 4.78. The summed E-state index contributed by atoms with van der Waals surface area (Å²) >= 11 is 0. The Labute approximate surface area is 126 Å². The highest BCUT2D eigenvalue weighted by molar-refractivity contribution is 5.48. The molecule has 1 aliphatic heterocycles. The maximum absolute atomic E-state index is 11.6. The van der Waals surface area contributed by atoms with Crippen molar-refractivity contribution in [3.8, 4) is 11.8 Å². The van der Waals surface area contributed by atoms with Gasteiger partial charge >= 0.3 is 0 Å². The minimum Gasteiger partial charge on any atom is -0.493 e. The van der Waals surface area contributed by atoms with Gasteiger partial charge in [-0.2, -0.15) is 5.26 Å². The molecule has 0 spiro atoms. The lowest BCUT2D eigenvalue weighted by molar-refractivity contribution is -0.114. The molecule has 0 bridgehead atoms. The molecular weight excluding hydrogens is 262 g/mol. The number of nitrogens with zero attached hydrogens (tertiary/aromatic N) is 1. The van der Waals surface area contributed by atoms with Gasteiger partial charge in [0, 0.05) is 12.0 Å². The van der Waals surface area contributed by atoms with Crippen LogP contribution in [0.25, 0.3) is 0 Å². The standard InChI is InChI=1S/C18H23NO2/c1-13-6-5-9-18(20,14(13)2)17(12-19)10-11-21-16-8-4-3-7-15(16)17/h3-4,7-8,13-14,20H,5-6,9-11H2,1-2H3. The van der Waals surface area contributed by atoms with Gasteiger partial charge in [0.1, 0.15) is 11.2 Å². The fraction of sp³-hybridized carbons (Fsp3) is 0.611. The van der Waals surface area contributed by atoms with E-state index in [2.05, 4.69) is 19.9 Å². The Hall–Kier alpha value is -1.53. The zero-order valence-electron chi connectivity index (χ0n) is 12.8. The lowest BCUT2D eigenvalue weighted by Crippen LogP contribution is -2.59. The van der Waals surface area contributed by atoms with E-state index in [-0.39, 0.29) is 5.92 Å². The molecule has 1 N–H and O–H groups in total. The van der Waals surface area contributed by atoms with Crippen LogP contribution >= 0.6 is 0 Å². The van der Waals surface area contributed by atoms with E-state index in [1.807, 2.05) is 24.3 Å². The Morgan fingerprint density at radius 3 is 2.81 bits per heavy atom. The van der Waals surface area contributed by atoms with Crippen molar-refractivity contribution in [3.05, 3.63) is 29.8 Å². The number of rotatable bonds is 1. The van der Waals surface area contributed by atoms with Crippen LogP contribution in [0.2, 0.25) is 0 Å². The average Bonchev–Trinajstić information content (AvgIpc) is 2.51. The Kier molecular flexibility index (Phi) is 3.45. The van der Waals surface area contributed by atoms with E-state index < -0.39 is 11.0 Å². The van der Waals surface area contributed by atoms with Crippen LogP contribution in [0.15, 0.2) is 24.3 Å². The maximum atomic E-state index is 11.6. The molecule has 0 radical (unpaired) electrons. The molecule has 2 aliphatic rings. The first-order valence-corrected chi connectivity index (χ1v) is 7.91. The molecule has 4 unspecified atom stereocenters. The predicted octanol–water partition coefficient (Wildman–Crippen LogP) is 3.42. The van der Waals surface area contributed by atoms with Gasteiger partial charge in [-0.3, -0.25) is 0 Å². The highest BCUT2D eigenvalue weighted by atomic mass is 16.5. The summed E-state index contributed by atoms with van der Waals surface area (Å²) in [6.07, 6.45) is 3.37. The first-order valence-electron chi connectivity index (χ1n) is 7.91. The van der Waals surface area contributed by atoms with Gasteiger partial charge in [-0.1, -0.05) is 44.9 Å². The maximum Gasteiger partial charge on any atom is 0.124 e. The van der Waals surface area contributed by atoms with Gasteiger partial charge in [0.25, 0.3) is 0 Å². The van der Waals surface area contributed by atoms with Crippen LogP contribution in [0.5, 0.6) is 5.75 Å². The van der Waals surface area contributed by atoms with Gasteiger partial charge < -0.3 is 9.84 Å². The first-order chi connectivity index (χ1) is 10.0. The average molecular weight is 285 g/mol. The first kappa shape index (κ1) is 14.4. The monoisotopic (exact) mass is 285 g/mol. The fourth-order valence-corrected chi connectivity index (χ4v) is 4.30. The van der Waals surface area contributed by atoms with E-state index in [0.29, 0.717) is 25.4 Å². The second kappa shape index (κ2) is 5.03. The quantitative estimate of drug-likeness (QED) is 0.860. The van der Waals surface area contributed by atoms with Crippen LogP contribution < -0.4 is 4.74 Å². The van der Waals surface area contributed by atoms with E-state index >= 15 is 0 Å². The van der Waals surface area contributed by atoms with E-state index in [0.717, 1.165) is 24.2 Å². The Bertz CT molecular complexity index is 579. The van der Waals surface area contributed by atoms with Gasteiger partial charge in [0.05, 0.1) is 18.3 Å². The van der Waals surface area contributed by atoms with Crippen LogP contribution in [0.4, 0.5) is 0 Å². The number of ether oxygens (including phenoxy) is 1. The Morgan fingerprint density at radius 1 is 1.29 bits per heavy atom. The normalized spacial score (nSPS) is 39.0. The molecule has 3 nitrogen and oxygen atoms in total. The van der Waals surface area contributed by atoms with Crippen molar-refractivity contribution < 1.29 is 9.84 Å². The lowest BCUT2D eigenvalue weighted by Gasteiger charge is -2.52. The highest BCUT2D eigenvalue weighted by Gasteiger charge is 2.58. The molecule has 1 fully saturated rings.